The van der Waals surface area contributed by atoms with E-state index in [0.717, 1.165) is 18.7 Å². The fourth-order valence-corrected chi connectivity index (χ4v) is 1.81. The van der Waals surface area contributed by atoms with E-state index in [1.807, 2.05) is 0 Å². The standard InChI is InChI=1S/C14H17FN2O4/c15-12-5-4-11(8-13(12)17(19)20)14(18)16-6-1-7-21-9-10-2-3-10/h4-5,8,10H,1-3,6-7,9H2,(H,16,18). The predicted molar refractivity (Wildman–Crippen MR) is 73.5 cm³/mol. The Morgan fingerprint density at radius 2 is 2.24 bits per heavy atom. The topological polar surface area (TPSA) is 81.5 Å². The van der Waals surface area contributed by atoms with Gasteiger partial charge in [0.15, 0.2) is 0 Å². The van der Waals surface area contributed by atoms with Crippen molar-refractivity contribution in [1.29, 1.82) is 0 Å². The second-order valence-corrected chi connectivity index (χ2v) is 5.05. The highest BCUT2D eigenvalue weighted by Crippen LogP contribution is 2.28. The first-order valence-corrected chi connectivity index (χ1v) is 6.88. The van der Waals surface area contributed by atoms with Crippen LogP contribution >= 0.6 is 0 Å². The van der Waals surface area contributed by atoms with E-state index in [1.54, 1.807) is 0 Å². The Morgan fingerprint density at radius 1 is 1.48 bits per heavy atom. The Kier molecular flexibility index (Phi) is 5.21. The fraction of sp³-hybridized carbons (Fsp3) is 0.500. The number of hydrogen-bond donors (Lipinski definition) is 1. The molecule has 0 saturated heterocycles. The van der Waals surface area contributed by atoms with Crippen molar-refractivity contribution in [1.82, 2.24) is 5.32 Å². The zero-order valence-electron chi connectivity index (χ0n) is 11.5. The average Bonchev–Trinajstić information content (AvgIpc) is 3.26. The molecule has 114 valence electrons. The summed E-state index contributed by atoms with van der Waals surface area (Å²) in [5.41, 5.74) is -0.627. The first kappa shape index (κ1) is 15.4. The molecule has 1 N–H and O–H groups in total. The minimum Gasteiger partial charge on any atom is -0.381 e. The average molecular weight is 296 g/mol. The lowest BCUT2D eigenvalue weighted by molar-refractivity contribution is -0.387. The highest BCUT2D eigenvalue weighted by atomic mass is 19.1. The maximum Gasteiger partial charge on any atom is 0.305 e. The predicted octanol–water partition coefficient (Wildman–Crippen LogP) is 2.28. The number of hydrogen-bond acceptors (Lipinski definition) is 4. The van der Waals surface area contributed by atoms with Crippen LogP contribution in [0.1, 0.15) is 29.6 Å². The van der Waals surface area contributed by atoms with E-state index in [9.17, 15) is 19.3 Å². The highest BCUT2D eigenvalue weighted by molar-refractivity contribution is 5.94. The van der Waals surface area contributed by atoms with Gasteiger partial charge < -0.3 is 10.1 Å². The third kappa shape index (κ3) is 4.78. The molecule has 0 radical (unpaired) electrons. The number of benzene rings is 1. The van der Waals surface area contributed by atoms with Gasteiger partial charge in [-0.05, 0) is 37.3 Å². The molecule has 1 aromatic rings. The van der Waals surface area contributed by atoms with Crippen LogP contribution in [0.4, 0.5) is 10.1 Å². The van der Waals surface area contributed by atoms with Crippen LogP contribution in [0.3, 0.4) is 0 Å². The lowest BCUT2D eigenvalue weighted by Gasteiger charge is -2.06. The second kappa shape index (κ2) is 7.12. The number of rotatable bonds is 8. The van der Waals surface area contributed by atoms with Crippen molar-refractivity contribution in [3.8, 4) is 0 Å². The number of carbonyl (C=O) groups is 1. The Morgan fingerprint density at radius 3 is 2.90 bits per heavy atom. The number of ether oxygens (including phenoxy) is 1. The van der Waals surface area contributed by atoms with Crippen LogP contribution in [-0.4, -0.2) is 30.6 Å². The molecule has 21 heavy (non-hydrogen) atoms. The molecule has 1 aliphatic rings. The van der Waals surface area contributed by atoms with Crippen molar-refractivity contribution in [3.63, 3.8) is 0 Å². The summed E-state index contributed by atoms with van der Waals surface area (Å²) >= 11 is 0. The van der Waals surface area contributed by atoms with Gasteiger partial charge in [0.05, 0.1) is 4.92 Å². The molecule has 1 amide bonds. The van der Waals surface area contributed by atoms with E-state index in [-0.39, 0.29) is 5.56 Å². The first-order chi connectivity index (χ1) is 10.1. The van der Waals surface area contributed by atoms with Crippen molar-refractivity contribution in [2.24, 2.45) is 5.92 Å². The molecule has 0 aromatic heterocycles. The van der Waals surface area contributed by atoms with Gasteiger partial charge in [0.25, 0.3) is 5.91 Å². The first-order valence-electron chi connectivity index (χ1n) is 6.88. The van der Waals surface area contributed by atoms with Gasteiger partial charge in [-0.2, -0.15) is 4.39 Å². The van der Waals surface area contributed by atoms with Gasteiger partial charge in [0.1, 0.15) is 0 Å². The van der Waals surface area contributed by atoms with E-state index < -0.39 is 22.3 Å². The van der Waals surface area contributed by atoms with Crippen LogP contribution < -0.4 is 5.32 Å². The van der Waals surface area contributed by atoms with Crippen molar-refractivity contribution in [3.05, 3.63) is 39.7 Å². The summed E-state index contributed by atoms with van der Waals surface area (Å²) in [6, 6.07) is 3.08. The third-order valence-electron chi connectivity index (χ3n) is 3.21. The van der Waals surface area contributed by atoms with E-state index in [2.05, 4.69) is 5.32 Å². The number of amides is 1. The normalized spacial score (nSPS) is 14.0. The van der Waals surface area contributed by atoms with Gasteiger partial charge >= 0.3 is 5.69 Å². The molecule has 7 heteroatoms. The largest absolute Gasteiger partial charge is 0.381 e. The summed E-state index contributed by atoms with van der Waals surface area (Å²) in [7, 11) is 0. The molecular weight excluding hydrogens is 279 g/mol. The van der Waals surface area contributed by atoms with Crippen LogP contribution in [0.15, 0.2) is 18.2 Å². The maximum atomic E-state index is 13.2. The summed E-state index contributed by atoms with van der Waals surface area (Å²) < 4.78 is 18.6. The molecule has 6 nitrogen and oxygen atoms in total. The lowest BCUT2D eigenvalue weighted by Crippen LogP contribution is -2.25. The number of nitrogens with one attached hydrogen (secondary N) is 1. The molecule has 2 rings (SSSR count). The second-order valence-electron chi connectivity index (χ2n) is 5.05. The fourth-order valence-electron chi connectivity index (χ4n) is 1.81. The van der Waals surface area contributed by atoms with Gasteiger partial charge in [-0.1, -0.05) is 0 Å². The number of nitro groups is 1. The molecule has 0 atom stereocenters. The summed E-state index contributed by atoms with van der Waals surface area (Å²) in [6.07, 6.45) is 3.14. The SMILES string of the molecule is O=C(NCCCOCC1CC1)c1ccc(F)c([N+](=O)[O-])c1. The van der Waals surface area contributed by atoms with Crippen molar-refractivity contribution in [2.75, 3.05) is 19.8 Å². The Hall–Kier alpha value is -2.02. The molecule has 1 fully saturated rings. The van der Waals surface area contributed by atoms with Gasteiger partial charge in [-0.3, -0.25) is 14.9 Å². The minimum atomic E-state index is -0.954. The highest BCUT2D eigenvalue weighted by Gasteiger charge is 2.21. The molecule has 0 bridgehead atoms. The molecule has 1 saturated carbocycles. The zero-order valence-corrected chi connectivity index (χ0v) is 11.5. The molecular formula is C14H17FN2O4. The van der Waals surface area contributed by atoms with Gasteiger partial charge in [0, 0.05) is 31.4 Å². The number of carbonyl (C=O) groups excluding carboxylic acids is 1. The van der Waals surface area contributed by atoms with E-state index >= 15 is 0 Å². The lowest BCUT2D eigenvalue weighted by atomic mass is 10.2. The third-order valence-corrected chi connectivity index (χ3v) is 3.21. The van der Waals surface area contributed by atoms with Crippen molar-refractivity contribution in [2.45, 2.75) is 19.3 Å². The summed E-state index contributed by atoms with van der Waals surface area (Å²) in [4.78, 5) is 21.5. The number of nitrogens with zero attached hydrogens (tertiary/aromatic N) is 1. The zero-order chi connectivity index (χ0) is 15.2. The summed E-state index contributed by atoms with van der Waals surface area (Å²) in [5, 5.41) is 13.2. The quantitative estimate of drug-likeness (QED) is 0.453. The van der Waals surface area contributed by atoms with Gasteiger partial charge in [0.2, 0.25) is 5.82 Å². The van der Waals surface area contributed by atoms with E-state index in [0.29, 0.717) is 25.5 Å². The molecule has 0 spiro atoms. The van der Waals surface area contributed by atoms with Crippen LogP contribution in [0.25, 0.3) is 0 Å². The number of halogens is 1. The summed E-state index contributed by atoms with van der Waals surface area (Å²) in [6.45, 7) is 1.76. The van der Waals surface area contributed by atoms with Gasteiger partial charge in [-0.15, -0.1) is 0 Å². The monoisotopic (exact) mass is 296 g/mol. The summed E-state index contributed by atoms with van der Waals surface area (Å²) in [5.74, 6) is -0.704. The smallest absolute Gasteiger partial charge is 0.305 e. The molecule has 1 aliphatic carbocycles. The van der Waals surface area contributed by atoms with Crippen LogP contribution in [0, 0.1) is 21.8 Å². The maximum absolute atomic E-state index is 13.2. The molecule has 0 heterocycles. The van der Waals surface area contributed by atoms with Gasteiger partial charge in [-0.25, -0.2) is 0 Å². The molecule has 1 aromatic carbocycles. The van der Waals surface area contributed by atoms with E-state index in [4.69, 9.17) is 4.74 Å². The minimum absolute atomic E-state index is 0.0713. The number of nitro benzene ring substituents is 1. The molecule has 0 unspecified atom stereocenters. The molecule has 0 aliphatic heterocycles. The van der Waals surface area contributed by atoms with Crippen molar-refractivity contribution >= 4 is 11.6 Å². The Balaban J connectivity index is 1.74. The van der Waals surface area contributed by atoms with Crippen molar-refractivity contribution < 1.29 is 18.8 Å². The Labute approximate surface area is 121 Å². The van der Waals surface area contributed by atoms with Crippen LogP contribution in [0.5, 0.6) is 0 Å². The van der Waals surface area contributed by atoms with Crippen LogP contribution in [0.2, 0.25) is 0 Å². The van der Waals surface area contributed by atoms with Crippen LogP contribution in [-0.2, 0) is 4.74 Å². The van der Waals surface area contributed by atoms with E-state index in [1.165, 1.54) is 18.9 Å². The Bertz CT molecular complexity index is 532.